The summed E-state index contributed by atoms with van der Waals surface area (Å²) in [6.45, 7) is 13.8. The fourth-order valence-corrected chi connectivity index (χ4v) is 1.99. The predicted molar refractivity (Wildman–Crippen MR) is 65.6 cm³/mol. The molecule has 0 aromatic carbocycles. The van der Waals surface area contributed by atoms with E-state index in [1.807, 2.05) is 0 Å². The van der Waals surface area contributed by atoms with E-state index >= 15 is 0 Å². The Balaban J connectivity index is 3.84. The van der Waals surface area contributed by atoms with Gasteiger partial charge in [-0.05, 0) is 31.6 Å². The summed E-state index contributed by atoms with van der Waals surface area (Å²) in [4.78, 5) is 0. The number of hydrogen-bond acceptors (Lipinski definition) is 1. The molecule has 86 valence electrons. The minimum Gasteiger partial charge on any atom is -0.311 e. The van der Waals surface area contributed by atoms with E-state index in [1.165, 1.54) is 19.3 Å². The van der Waals surface area contributed by atoms with Gasteiger partial charge in [0, 0.05) is 12.1 Å². The molecule has 0 aromatic rings. The lowest BCUT2D eigenvalue weighted by Crippen LogP contribution is -2.40. The first-order valence-corrected chi connectivity index (χ1v) is 6.27. The van der Waals surface area contributed by atoms with Gasteiger partial charge in [0.2, 0.25) is 0 Å². The smallest absolute Gasteiger partial charge is 0.00899 e. The summed E-state index contributed by atoms with van der Waals surface area (Å²) in [6, 6.07) is 1.35. The first-order valence-electron chi connectivity index (χ1n) is 6.27. The van der Waals surface area contributed by atoms with Crippen molar-refractivity contribution in [2.24, 2.45) is 11.8 Å². The third kappa shape index (κ3) is 5.64. The van der Waals surface area contributed by atoms with E-state index in [0.717, 1.165) is 11.8 Å². The van der Waals surface area contributed by atoms with Gasteiger partial charge in [0.15, 0.2) is 0 Å². The highest BCUT2D eigenvalue weighted by Crippen LogP contribution is 2.12. The average molecular weight is 199 g/mol. The van der Waals surface area contributed by atoms with E-state index in [0.29, 0.717) is 12.1 Å². The van der Waals surface area contributed by atoms with Crippen LogP contribution in [0.2, 0.25) is 0 Å². The lowest BCUT2D eigenvalue weighted by Gasteiger charge is -2.26. The largest absolute Gasteiger partial charge is 0.311 e. The van der Waals surface area contributed by atoms with Crippen LogP contribution in [0.4, 0.5) is 0 Å². The van der Waals surface area contributed by atoms with Crippen LogP contribution in [0.5, 0.6) is 0 Å². The zero-order valence-electron chi connectivity index (χ0n) is 10.9. The lowest BCUT2D eigenvalue weighted by atomic mass is 9.96. The van der Waals surface area contributed by atoms with E-state index in [9.17, 15) is 0 Å². The number of nitrogens with one attached hydrogen (secondary N) is 1. The Hall–Kier alpha value is -0.0400. The summed E-state index contributed by atoms with van der Waals surface area (Å²) >= 11 is 0. The Bertz CT molecular complexity index is 131. The molecule has 1 N–H and O–H groups in total. The highest BCUT2D eigenvalue weighted by atomic mass is 14.9. The van der Waals surface area contributed by atoms with E-state index in [1.54, 1.807) is 0 Å². The third-order valence-electron chi connectivity index (χ3n) is 3.20. The molecule has 0 spiro atoms. The molecule has 0 bridgehead atoms. The van der Waals surface area contributed by atoms with Gasteiger partial charge in [0.25, 0.3) is 0 Å². The highest BCUT2D eigenvalue weighted by Gasteiger charge is 2.14. The average Bonchev–Trinajstić information content (AvgIpc) is 2.13. The Morgan fingerprint density at radius 3 is 1.86 bits per heavy atom. The molecule has 0 saturated carbocycles. The van der Waals surface area contributed by atoms with Crippen molar-refractivity contribution in [2.75, 3.05) is 0 Å². The van der Waals surface area contributed by atoms with Crippen LogP contribution in [0.3, 0.4) is 0 Å². The van der Waals surface area contributed by atoms with Crippen molar-refractivity contribution in [1.29, 1.82) is 0 Å². The SMILES string of the molecule is CCC(C)CC(C)NC(CC)C(C)C. The van der Waals surface area contributed by atoms with Gasteiger partial charge >= 0.3 is 0 Å². The fraction of sp³-hybridized carbons (Fsp3) is 1.00. The predicted octanol–water partition coefficient (Wildman–Crippen LogP) is 3.84. The maximum absolute atomic E-state index is 3.73. The first kappa shape index (κ1) is 14.0. The Labute approximate surface area is 90.7 Å². The molecule has 0 amide bonds. The molecule has 0 aromatic heterocycles. The molecular formula is C13H29N. The van der Waals surface area contributed by atoms with Gasteiger partial charge in [0.1, 0.15) is 0 Å². The molecular weight excluding hydrogens is 170 g/mol. The van der Waals surface area contributed by atoms with Crippen molar-refractivity contribution in [1.82, 2.24) is 5.32 Å². The topological polar surface area (TPSA) is 12.0 Å². The Kier molecular flexibility index (Phi) is 7.26. The number of rotatable bonds is 7. The molecule has 1 nitrogen and oxygen atoms in total. The molecule has 0 heterocycles. The molecule has 0 aliphatic rings. The van der Waals surface area contributed by atoms with Crippen molar-refractivity contribution in [3.05, 3.63) is 0 Å². The van der Waals surface area contributed by atoms with Gasteiger partial charge < -0.3 is 5.32 Å². The minimum atomic E-state index is 0.664. The molecule has 0 fully saturated rings. The molecule has 3 unspecified atom stereocenters. The summed E-state index contributed by atoms with van der Waals surface area (Å²) in [5.41, 5.74) is 0. The van der Waals surface area contributed by atoms with E-state index in [2.05, 4.69) is 46.9 Å². The quantitative estimate of drug-likeness (QED) is 0.657. The molecule has 0 rings (SSSR count). The minimum absolute atomic E-state index is 0.664. The zero-order chi connectivity index (χ0) is 11.1. The molecule has 0 saturated heterocycles. The van der Waals surface area contributed by atoms with Crippen LogP contribution in [0.1, 0.15) is 60.8 Å². The van der Waals surface area contributed by atoms with E-state index in [4.69, 9.17) is 0 Å². The fourth-order valence-electron chi connectivity index (χ4n) is 1.99. The van der Waals surface area contributed by atoms with Crippen LogP contribution in [-0.2, 0) is 0 Å². The van der Waals surface area contributed by atoms with Crippen LogP contribution in [0.25, 0.3) is 0 Å². The maximum atomic E-state index is 3.73. The Morgan fingerprint density at radius 1 is 0.929 bits per heavy atom. The molecule has 14 heavy (non-hydrogen) atoms. The molecule has 0 aliphatic heterocycles. The summed E-state index contributed by atoms with van der Waals surface area (Å²) in [7, 11) is 0. The molecule has 0 radical (unpaired) electrons. The van der Waals surface area contributed by atoms with Gasteiger partial charge in [-0.3, -0.25) is 0 Å². The van der Waals surface area contributed by atoms with Gasteiger partial charge in [-0.25, -0.2) is 0 Å². The second kappa shape index (κ2) is 7.28. The van der Waals surface area contributed by atoms with Crippen molar-refractivity contribution in [3.63, 3.8) is 0 Å². The molecule has 1 heteroatoms. The van der Waals surface area contributed by atoms with Crippen LogP contribution < -0.4 is 5.32 Å². The van der Waals surface area contributed by atoms with Crippen molar-refractivity contribution >= 4 is 0 Å². The van der Waals surface area contributed by atoms with Crippen molar-refractivity contribution < 1.29 is 0 Å². The van der Waals surface area contributed by atoms with Gasteiger partial charge in [-0.15, -0.1) is 0 Å². The zero-order valence-corrected chi connectivity index (χ0v) is 10.9. The van der Waals surface area contributed by atoms with Crippen LogP contribution in [-0.4, -0.2) is 12.1 Å². The first-order chi connectivity index (χ1) is 6.51. The van der Waals surface area contributed by atoms with Crippen LogP contribution in [0.15, 0.2) is 0 Å². The highest BCUT2D eigenvalue weighted by molar-refractivity contribution is 4.74. The van der Waals surface area contributed by atoms with E-state index in [-0.39, 0.29) is 0 Å². The summed E-state index contributed by atoms with van der Waals surface area (Å²) < 4.78 is 0. The van der Waals surface area contributed by atoms with Crippen LogP contribution in [0, 0.1) is 11.8 Å². The Morgan fingerprint density at radius 2 is 1.50 bits per heavy atom. The van der Waals surface area contributed by atoms with Crippen LogP contribution >= 0.6 is 0 Å². The lowest BCUT2D eigenvalue weighted by molar-refractivity contribution is 0.318. The van der Waals surface area contributed by atoms with Gasteiger partial charge in [-0.2, -0.15) is 0 Å². The molecule has 3 atom stereocenters. The second-order valence-corrected chi connectivity index (χ2v) is 5.08. The number of hydrogen-bond donors (Lipinski definition) is 1. The summed E-state index contributed by atoms with van der Waals surface area (Å²) in [5, 5.41) is 3.73. The van der Waals surface area contributed by atoms with Crippen molar-refractivity contribution in [2.45, 2.75) is 72.9 Å². The van der Waals surface area contributed by atoms with Gasteiger partial charge in [-0.1, -0.05) is 41.0 Å². The standard InChI is InChI=1S/C13H29N/c1-7-11(5)9-12(6)14-13(8-2)10(3)4/h10-14H,7-9H2,1-6H3. The van der Waals surface area contributed by atoms with E-state index < -0.39 is 0 Å². The van der Waals surface area contributed by atoms with Gasteiger partial charge in [0.05, 0.1) is 0 Å². The second-order valence-electron chi connectivity index (χ2n) is 5.08. The maximum Gasteiger partial charge on any atom is 0.00899 e. The summed E-state index contributed by atoms with van der Waals surface area (Å²) in [5.74, 6) is 1.60. The summed E-state index contributed by atoms with van der Waals surface area (Å²) in [6.07, 6.45) is 3.84. The monoisotopic (exact) mass is 199 g/mol. The van der Waals surface area contributed by atoms with Crippen molar-refractivity contribution in [3.8, 4) is 0 Å². The third-order valence-corrected chi connectivity index (χ3v) is 3.20. The molecule has 0 aliphatic carbocycles. The normalized spacial score (nSPS) is 18.2.